The van der Waals surface area contributed by atoms with Crippen molar-refractivity contribution < 1.29 is 9.90 Å². The SMILES string of the molecule is CCCCc1nnc2n1C(c1ccc(-c3ccccc3-c3nn[nH]n3)cc1)CC/C2=C\C(=O)O. The van der Waals surface area contributed by atoms with Crippen LogP contribution in [0.25, 0.3) is 28.1 Å². The quantitative estimate of drug-likeness (QED) is 0.398. The molecule has 1 unspecified atom stereocenters. The number of carboxylic acids is 1. The smallest absolute Gasteiger partial charge is 0.328 e. The van der Waals surface area contributed by atoms with E-state index in [-0.39, 0.29) is 6.04 Å². The highest BCUT2D eigenvalue weighted by Gasteiger charge is 2.29. The van der Waals surface area contributed by atoms with Gasteiger partial charge in [-0.15, -0.1) is 20.4 Å². The van der Waals surface area contributed by atoms with E-state index >= 15 is 0 Å². The first kappa shape index (κ1) is 21.7. The van der Waals surface area contributed by atoms with Crippen molar-refractivity contribution in [2.45, 2.75) is 45.1 Å². The molecule has 1 aliphatic heterocycles. The molecule has 2 aromatic heterocycles. The second-order valence-corrected chi connectivity index (χ2v) is 8.38. The Balaban J connectivity index is 1.51. The summed E-state index contributed by atoms with van der Waals surface area (Å²) in [6.45, 7) is 2.14. The first-order valence-electron chi connectivity index (χ1n) is 11.5. The molecule has 9 nitrogen and oxygen atoms in total. The minimum absolute atomic E-state index is 0.0595. The Labute approximate surface area is 196 Å². The van der Waals surface area contributed by atoms with E-state index in [2.05, 4.69) is 66.6 Å². The summed E-state index contributed by atoms with van der Waals surface area (Å²) in [4.78, 5) is 11.3. The summed E-state index contributed by atoms with van der Waals surface area (Å²) >= 11 is 0. The minimum Gasteiger partial charge on any atom is -0.478 e. The molecule has 4 aromatic rings. The number of H-pyrrole nitrogens is 1. The zero-order chi connectivity index (χ0) is 23.5. The molecule has 0 bridgehead atoms. The van der Waals surface area contributed by atoms with Crippen LogP contribution in [0.15, 0.2) is 54.6 Å². The average Bonchev–Trinajstić information content (AvgIpc) is 3.54. The van der Waals surface area contributed by atoms with Crippen LogP contribution < -0.4 is 0 Å². The number of fused-ring (bicyclic) bond motifs is 1. The number of unbranched alkanes of at least 4 members (excludes halogenated alkanes) is 1. The molecule has 3 heterocycles. The molecule has 9 heteroatoms. The number of aryl methyl sites for hydroxylation is 1. The van der Waals surface area contributed by atoms with Gasteiger partial charge in [-0.1, -0.05) is 61.9 Å². The van der Waals surface area contributed by atoms with Crippen molar-refractivity contribution in [3.05, 3.63) is 71.8 Å². The molecule has 0 saturated carbocycles. The number of tetrazole rings is 1. The van der Waals surface area contributed by atoms with E-state index in [4.69, 9.17) is 0 Å². The second kappa shape index (κ2) is 9.38. The normalized spacial score (nSPS) is 16.5. The molecule has 0 fully saturated rings. The Morgan fingerprint density at radius 2 is 1.91 bits per heavy atom. The maximum absolute atomic E-state index is 11.3. The standard InChI is InChI=1S/C25H25N7O2/c1-2-3-8-22-26-29-25-18(15-23(33)34)13-14-21(32(22)25)17-11-9-16(10-12-17)19-6-4-5-7-20(19)24-27-30-31-28-24/h4-7,9-12,15,21H,2-3,8,13-14H2,1H3,(H,33,34)(H,27,28,30,31)/b18-15+. The predicted octanol–water partition coefficient (Wildman–Crippen LogP) is 4.32. The number of carbonyl (C=O) groups is 1. The molecular formula is C25H25N7O2. The van der Waals surface area contributed by atoms with E-state index in [1.807, 2.05) is 24.3 Å². The van der Waals surface area contributed by atoms with E-state index in [1.54, 1.807) is 0 Å². The maximum atomic E-state index is 11.3. The molecule has 0 radical (unpaired) electrons. The van der Waals surface area contributed by atoms with Gasteiger partial charge in [-0.05, 0) is 41.2 Å². The number of nitrogens with one attached hydrogen (secondary N) is 1. The monoisotopic (exact) mass is 455 g/mol. The lowest BCUT2D eigenvalue weighted by atomic mass is 9.91. The topological polar surface area (TPSA) is 122 Å². The van der Waals surface area contributed by atoms with E-state index in [0.29, 0.717) is 18.1 Å². The van der Waals surface area contributed by atoms with Crippen molar-refractivity contribution in [1.29, 1.82) is 0 Å². The van der Waals surface area contributed by atoms with E-state index < -0.39 is 5.97 Å². The second-order valence-electron chi connectivity index (χ2n) is 8.38. The van der Waals surface area contributed by atoms with Gasteiger partial charge in [-0.2, -0.15) is 5.21 Å². The van der Waals surface area contributed by atoms with E-state index in [9.17, 15) is 9.90 Å². The number of hydrogen-bond donors (Lipinski definition) is 2. The minimum atomic E-state index is -0.956. The van der Waals surface area contributed by atoms with Gasteiger partial charge in [-0.25, -0.2) is 4.79 Å². The number of aliphatic carboxylic acids is 1. The van der Waals surface area contributed by atoms with Crippen LogP contribution in [-0.2, 0) is 11.2 Å². The van der Waals surface area contributed by atoms with Crippen LogP contribution in [0.5, 0.6) is 0 Å². The van der Waals surface area contributed by atoms with Crippen LogP contribution in [0.1, 0.15) is 55.9 Å². The molecular weight excluding hydrogens is 430 g/mol. The summed E-state index contributed by atoms with van der Waals surface area (Å²) in [6.07, 6.45) is 5.58. The highest BCUT2D eigenvalue weighted by atomic mass is 16.4. The summed E-state index contributed by atoms with van der Waals surface area (Å²) in [7, 11) is 0. The van der Waals surface area contributed by atoms with Crippen molar-refractivity contribution in [3.63, 3.8) is 0 Å². The van der Waals surface area contributed by atoms with E-state index in [1.165, 1.54) is 6.08 Å². The van der Waals surface area contributed by atoms with Crippen LogP contribution in [0.3, 0.4) is 0 Å². The Kier molecular flexibility index (Phi) is 5.99. The Bertz CT molecular complexity index is 1320. The van der Waals surface area contributed by atoms with Crippen LogP contribution in [-0.4, -0.2) is 46.5 Å². The number of aromatic amines is 1. The fourth-order valence-electron chi connectivity index (χ4n) is 4.60. The average molecular weight is 456 g/mol. The Morgan fingerprint density at radius 3 is 2.62 bits per heavy atom. The van der Waals surface area contributed by atoms with Gasteiger partial charge in [0.1, 0.15) is 5.82 Å². The molecule has 34 heavy (non-hydrogen) atoms. The first-order chi connectivity index (χ1) is 16.7. The zero-order valence-electron chi connectivity index (χ0n) is 18.8. The number of allylic oxidation sites excluding steroid dienone is 1. The van der Waals surface area contributed by atoms with Gasteiger partial charge in [-0.3, -0.25) is 0 Å². The van der Waals surface area contributed by atoms with Gasteiger partial charge < -0.3 is 9.67 Å². The van der Waals surface area contributed by atoms with Crippen LogP contribution in [0, 0.1) is 0 Å². The summed E-state index contributed by atoms with van der Waals surface area (Å²) in [5.74, 6) is 1.17. The molecule has 0 aliphatic carbocycles. The van der Waals surface area contributed by atoms with Crippen LogP contribution in [0.2, 0.25) is 0 Å². The highest BCUT2D eigenvalue weighted by molar-refractivity contribution is 5.89. The number of benzene rings is 2. The zero-order valence-corrected chi connectivity index (χ0v) is 18.8. The summed E-state index contributed by atoms with van der Waals surface area (Å²) in [5.41, 5.74) is 4.87. The fraction of sp³-hybridized carbons (Fsp3) is 0.280. The lowest BCUT2D eigenvalue weighted by Crippen LogP contribution is -2.21. The summed E-state index contributed by atoms with van der Waals surface area (Å²) in [6, 6.07) is 16.5. The summed E-state index contributed by atoms with van der Waals surface area (Å²) < 4.78 is 2.14. The van der Waals surface area contributed by atoms with Crippen molar-refractivity contribution in [1.82, 2.24) is 35.4 Å². The van der Waals surface area contributed by atoms with Gasteiger partial charge in [0.05, 0.1) is 6.04 Å². The van der Waals surface area contributed by atoms with Crippen molar-refractivity contribution in [2.24, 2.45) is 0 Å². The lowest BCUT2D eigenvalue weighted by molar-refractivity contribution is -0.131. The van der Waals surface area contributed by atoms with Crippen molar-refractivity contribution in [2.75, 3.05) is 0 Å². The van der Waals surface area contributed by atoms with E-state index in [0.717, 1.165) is 59.3 Å². The maximum Gasteiger partial charge on any atom is 0.328 e. The molecule has 5 rings (SSSR count). The largest absolute Gasteiger partial charge is 0.478 e. The highest BCUT2D eigenvalue weighted by Crippen LogP contribution is 2.38. The number of nitrogens with zero attached hydrogens (tertiary/aromatic N) is 6. The molecule has 1 aliphatic rings. The molecule has 0 amide bonds. The molecule has 1 atom stereocenters. The Morgan fingerprint density at radius 1 is 1.12 bits per heavy atom. The molecule has 2 N–H and O–H groups in total. The number of hydrogen-bond acceptors (Lipinski definition) is 6. The molecule has 172 valence electrons. The molecule has 0 spiro atoms. The summed E-state index contributed by atoms with van der Waals surface area (Å²) in [5, 5.41) is 32.6. The third kappa shape index (κ3) is 4.12. The van der Waals surface area contributed by atoms with Crippen molar-refractivity contribution >= 4 is 11.5 Å². The number of rotatable bonds is 7. The van der Waals surface area contributed by atoms with Gasteiger partial charge in [0.2, 0.25) is 5.82 Å². The van der Waals surface area contributed by atoms with Gasteiger partial charge in [0.25, 0.3) is 0 Å². The van der Waals surface area contributed by atoms with Gasteiger partial charge in [0.15, 0.2) is 5.82 Å². The van der Waals surface area contributed by atoms with Gasteiger partial charge >= 0.3 is 5.97 Å². The first-order valence-corrected chi connectivity index (χ1v) is 11.5. The molecule has 0 saturated heterocycles. The third-order valence-electron chi connectivity index (χ3n) is 6.22. The third-order valence-corrected chi connectivity index (χ3v) is 6.22. The number of aromatic nitrogens is 7. The lowest BCUT2D eigenvalue weighted by Gasteiger charge is -2.28. The molecule has 2 aromatic carbocycles. The fourth-order valence-corrected chi connectivity index (χ4v) is 4.60. The van der Waals surface area contributed by atoms with Crippen LogP contribution in [0.4, 0.5) is 0 Å². The number of carboxylic acid groups (broad SMARTS) is 1. The Hall–Kier alpha value is -4.14. The predicted molar refractivity (Wildman–Crippen MR) is 127 cm³/mol. The van der Waals surface area contributed by atoms with Crippen LogP contribution >= 0.6 is 0 Å². The van der Waals surface area contributed by atoms with Crippen molar-refractivity contribution in [3.8, 4) is 22.5 Å². The van der Waals surface area contributed by atoms with Gasteiger partial charge in [0, 0.05) is 23.6 Å².